The Balaban J connectivity index is 1.56. The van der Waals surface area contributed by atoms with Gasteiger partial charge in [-0.3, -0.25) is 0 Å². The number of ether oxygens (including phenoxy) is 2. The molecule has 21 heavy (non-hydrogen) atoms. The first-order chi connectivity index (χ1) is 10.4. The second-order valence-electron chi connectivity index (χ2n) is 5.17. The normalized spacial score (nSPS) is 16.5. The van der Waals surface area contributed by atoms with E-state index in [4.69, 9.17) is 9.47 Å². The van der Waals surface area contributed by atoms with E-state index < -0.39 is 0 Å². The molecule has 1 aromatic carbocycles. The number of rotatable bonds is 7. The molecule has 1 aliphatic rings. The molecular formula is C16H21N3O2. The van der Waals surface area contributed by atoms with Crippen LogP contribution in [0.5, 0.6) is 11.5 Å². The van der Waals surface area contributed by atoms with Crippen molar-refractivity contribution in [3.63, 3.8) is 0 Å². The fraction of sp³-hybridized carbons (Fsp3) is 0.438. The van der Waals surface area contributed by atoms with Crippen LogP contribution in [0.15, 0.2) is 36.9 Å². The minimum absolute atomic E-state index is 0.306. The monoisotopic (exact) mass is 287 g/mol. The maximum absolute atomic E-state index is 5.77. The average Bonchev–Trinajstić information content (AvgIpc) is 3.14. The fourth-order valence-electron chi connectivity index (χ4n) is 2.46. The molecule has 1 aromatic heterocycles. The van der Waals surface area contributed by atoms with Gasteiger partial charge in [0.15, 0.2) is 0 Å². The van der Waals surface area contributed by atoms with E-state index >= 15 is 0 Å². The number of nitrogens with zero attached hydrogens (tertiary/aromatic N) is 2. The van der Waals surface area contributed by atoms with Gasteiger partial charge >= 0.3 is 0 Å². The molecule has 0 fully saturated rings. The van der Waals surface area contributed by atoms with Crippen LogP contribution in [0.4, 0.5) is 0 Å². The molecular weight excluding hydrogens is 266 g/mol. The number of aromatic nitrogens is 2. The molecule has 0 radical (unpaired) electrons. The van der Waals surface area contributed by atoms with Crippen LogP contribution < -0.4 is 14.8 Å². The molecule has 5 heteroatoms. The predicted molar refractivity (Wildman–Crippen MR) is 80.7 cm³/mol. The van der Waals surface area contributed by atoms with E-state index in [2.05, 4.69) is 23.3 Å². The maximum atomic E-state index is 5.77. The van der Waals surface area contributed by atoms with E-state index in [0.717, 1.165) is 31.0 Å². The molecule has 0 saturated carbocycles. The summed E-state index contributed by atoms with van der Waals surface area (Å²) in [4.78, 5) is 4.01. The highest BCUT2D eigenvalue weighted by Gasteiger charge is 2.23. The molecule has 1 unspecified atom stereocenters. The Morgan fingerprint density at radius 1 is 1.48 bits per heavy atom. The standard InChI is InChI=1S/C16H21N3O2/c1-2-5-18-15-11-21-16-10-13(3-4-14(15)16)20-9-8-19-7-6-17-12-19/h3-4,6-7,10,12,15,18H,2,5,8-9,11H2,1H3. The van der Waals surface area contributed by atoms with Gasteiger partial charge in [0.1, 0.15) is 24.7 Å². The minimum atomic E-state index is 0.306. The minimum Gasteiger partial charge on any atom is -0.492 e. The van der Waals surface area contributed by atoms with Crippen LogP contribution in [-0.2, 0) is 6.54 Å². The lowest BCUT2D eigenvalue weighted by molar-refractivity contribution is 0.292. The van der Waals surface area contributed by atoms with Gasteiger partial charge in [0.05, 0.1) is 18.9 Å². The summed E-state index contributed by atoms with van der Waals surface area (Å²) in [6.07, 6.45) is 6.62. The zero-order chi connectivity index (χ0) is 14.5. The van der Waals surface area contributed by atoms with Crippen LogP contribution >= 0.6 is 0 Å². The highest BCUT2D eigenvalue weighted by Crippen LogP contribution is 2.35. The molecule has 1 N–H and O–H groups in total. The van der Waals surface area contributed by atoms with Crippen molar-refractivity contribution in [2.24, 2.45) is 0 Å². The van der Waals surface area contributed by atoms with Gasteiger partial charge in [-0.1, -0.05) is 6.92 Å². The molecule has 5 nitrogen and oxygen atoms in total. The summed E-state index contributed by atoms with van der Waals surface area (Å²) < 4.78 is 13.5. The Morgan fingerprint density at radius 3 is 3.24 bits per heavy atom. The first kappa shape index (κ1) is 13.9. The Hall–Kier alpha value is -2.01. The molecule has 2 heterocycles. The molecule has 2 aromatic rings. The first-order valence-electron chi connectivity index (χ1n) is 7.45. The molecule has 0 spiro atoms. The SMILES string of the molecule is CCCNC1COc2cc(OCCn3ccnc3)ccc21. The summed E-state index contributed by atoms with van der Waals surface area (Å²) in [5, 5.41) is 3.49. The van der Waals surface area contributed by atoms with Crippen LogP contribution in [0.2, 0.25) is 0 Å². The van der Waals surface area contributed by atoms with Gasteiger partial charge in [-0.25, -0.2) is 4.98 Å². The lowest BCUT2D eigenvalue weighted by atomic mass is 10.1. The Labute approximate surface area is 124 Å². The number of hydrogen-bond acceptors (Lipinski definition) is 4. The van der Waals surface area contributed by atoms with E-state index in [1.807, 2.05) is 22.9 Å². The van der Waals surface area contributed by atoms with Gasteiger partial charge < -0.3 is 19.4 Å². The van der Waals surface area contributed by atoms with E-state index in [1.54, 1.807) is 12.5 Å². The van der Waals surface area contributed by atoms with Gasteiger partial charge in [-0.2, -0.15) is 0 Å². The summed E-state index contributed by atoms with van der Waals surface area (Å²) in [6, 6.07) is 6.40. The lowest BCUT2D eigenvalue weighted by Gasteiger charge is -2.11. The Morgan fingerprint density at radius 2 is 2.43 bits per heavy atom. The third-order valence-electron chi connectivity index (χ3n) is 3.58. The van der Waals surface area contributed by atoms with E-state index in [0.29, 0.717) is 19.3 Å². The van der Waals surface area contributed by atoms with Crippen molar-refractivity contribution in [1.29, 1.82) is 0 Å². The topological polar surface area (TPSA) is 48.3 Å². The zero-order valence-corrected chi connectivity index (χ0v) is 12.3. The third kappa shape index (κ3) is 3.36. The van der Waals surface area contributed by atoms with E-state index in [-0.39, 0.29) is 0 Å². The third-order valence-corrected chi connectivity index (χ3v) is 3.58. The Kier molecular flexibility index (Phi) is 4.40. The average molecular weight is 287 g/mol. The molecule has 0 saturated heterocycles. The van der Waals surface area contributed by atoms with Crippen molar-refractivity contribution in [3.05, 3.63) is 42.5 Å². The van der Waals surface area contributed by atoms with Crippen molar-refractivity contribution in [3.8, 4) is 11.5 Å². The zero-order valence-electron chi connectivity index (χ0n) is 12.3. The Bertz CT molecular complexity index is 569. The molecule has 1 aliphatic heterocycles. The highest BCUT2D eigenvalue weighted by molar-refractivity contribution is 5.45. The van der Waals surface area contributed by atoms with Crippen LogP contribution in [0, 0.1) is 0 Å². The fourth-order valence-corrected chi connectivity index (χ4v) is 2.46. The number of imidazole rings is 1. The van der Waals surface area contributed by atoms with Gasteiger partial charge in [-0.05, 0) is 25.1 Å². The lowest BCUT2D eigenvalue weighted by Crippen LogP contribution is -2.22. The molecule has 0 amide bonds. The number of fused-ring (bicyclic) bond motifs is 1. The first-order valence-corrected chi connectivity index (χ1v) is 7.45. The smallest absolute Gasteiger partial charge is 0.127 e. The van der Waals surface area contributed by atoms with Crippen molar-refractivity contribution in [1.82, 2.24) is 14.9 Å². The van der Waals surface area contributed by atoms with Gasteiger partial charge in [0, 0.05) is 24.0 Å². The number of nitrogens with one attached hydrogen (secondary N) is 1. The summed E-state index contributed by atoms with van der Waals surface area (Å²) in [6.45, 7) is 5.29. The quantitative estimate of drug-likeness (QED) is 0.849. The number of benzene rings is 1. The van der Waals surface area contributed by atoms with Crippen LogP contribution in [0.1, 0.15) is 24.9 Å². The number of hydrogen-bond donors (Lipinski definition) is 1. The van der Waals surface area contributed by atoms with Crippen molar-refractivity contribution < 1.29 is 9.47 Å². The van der Waals surface area contributed by atoms with E-state index in [9.17, 15) is 0 Å². The van der Waals surface area contributed by atoms with E-state index in [1.165, 1.54) is 5.56 Å². The second kappa shape index (κ2) is 6.63. The van der Waals surface area contributed by atoms with Gasteiger partial charge in [0.25, 0.3) is 0 Å². The van der Waals surface area contributed by atoms with Crippen LogP contribution in [0.3, 0.4) is 0 Å². The van der Waals surface area contributed by atoms with Gasteiger partial charge in [0.2, 0.25) is 0 Å². The second-order valence-corrected chi connectivity index (χ2v) is 5.17. The molecule has 3 rings (SSSR count). The molecule has 0 bridgehead atoms. The molecule has 112 valence electrons. The summed E-state index contributed by atoms with van der Waals surface area (Å²) >= 11 is 0. The van der Waals surface area contributed by atoms with Crippen molar-refractivity contribution in [2.45, 2.75) is 25.9 Å². The highest BCUT2D eigenvalue weighted by atomic mass is 16.5. The van der Waals surface area contributed by atoms with Crippen LogP contribution in [0.25, 0.3) is 0 Å². The largest absolute Gasteiger partial charge is 0.492 e. The summed E-state index contributed by atoms with van der Waals surface area (Å²) in [5.74, 6) is 1.79. The summed E-state index contributed by atoms with van der Waals surface area (Å²) in [7, 11) is 0. The summed E-state index contributed by atoms with van der Waals surface area (Å²) in [5.41, 5.74) is 1.23. The molecule has 0 aliphatic carbocycles. The van der Waals surface area contributed by atoms with Crippen molar-refractivity contribution in [2.75, 3.05) is 19.8 Å². The molecule has 1 atom stereocenters. The van der Waals surface area contributed by atoms with Crippen LogP contribution in [-0.4, -0.2) is 29.3 Å². The maximum Gasteiger partial charge on any atom is 0.127 e. The van der Waals surface area contributed by atoms with Crippen molar-refractivity contribution >= 4 is 0 Å². The predicted octanol–water partition coefficient (Wildman–Crippen LogP) is 2.40. The van der Waals surface area contributed by atoms with Gasteiger partial charge in [-0.15, -0.1) is 0 Å².